The van der Waals surface area contributed by atoms with Crippen LogP contribution in [0.3, 0.4) is 0 Å². The van der Waals surface area contributed by atoms with Gasteiger partial charge in [-0.3, -0.25) is 0 Å². The van der Waals surface area contributed by atoms with Gasteiger partial charge >= 0.3 is 0 Å². The van der Waals surface area contributed by atoms with Crippen LogP contribution in [-0.2, 0) is 5.33 Å². The van der Waals surface area contributed by atoms with Crippen LogP contribution in [0.5, 0.6) is 5.75 Å². The normalized spacial score (nSPS) is 10.8. The van der Waals surface area contributed by atoms with Crippen molar-refractivity contribution < 1.29 is 9.13 Å². The zero-order chi connectivity index (χ0) is 10.1. The molecule has 0 spiro atoms. The molecule has 4 heteroatoms. The molecule has 0 atom stereocenters. The molecule has 1 heterocycles. The van der Waals surface area contributed by atoms with Gasteiger partial charge in [0.2, 0.25) is 0 Å². The maximum atomic E-state index is 13.4. The molecule has 0 saturated heterocycles. The molecule has 1 aromatic heterocycles. The summed E-state index contributed by atoms with van der Waals surface area (Å²) in [5.74, 6) is 0.567. The van der Waals surface area contributed by atoms with Gasteiger partial charge in [0.1, 0.15) is 11.6 Å². The lowest BCUT2D eigenvalue weighted by Crippen LogP contribution is -1.86. The fourth-order valence-corrected chi connectivity index (χ4v) is 2.85. The standard InChI is InChI=1S/C10H8BrFOS/c1-13-8-3-2-6(4-11)9-7(12)5-14-10(8)9/h2-3,5H,4H2,1H3. The molecule has 0 bridgehead atoms. The van der Waals surface area contributed by atoms with Crippen LogP contribution in [0.1, 0.15) is 5.56 Å². The van der Waals surface area contributed by atoms with Gasteiger partial charge in [-0.2, -0.15) is 0 Å². The Kier molecular flexibility index (Phi) is 2.74. The number of methoxy groups -OCH3 is 1. The molecule has 0 aliphatic heterocycles. The molecule has 0 amide bonds. The minimum Gasteiger partial charge on any atom is -0.495 e. The van der Waals surface area contributed by atoms with Crippen LogP contribution in [0, 0.1) is 5.82 Å². The van der Waals surface area contributed by atoms with Crippen molar-refractivity contribution in [3.05, 3.63) is 28.9 Å². The third-order valence-electron chi connectivity index (χ3n) is 2.09. The number of hydrogen-bond donors (Lipinski definition) is 0. The second kappa shape index (κ2) is 3.87. The Labute approximate surface area is 93.6 Å². The molecule has 1 aromatic carbocycles. The van der Waals surface area contributed by atoms with E-state index >= 15 is 0 Å². The van der Waals surface area contributed by atoms with Gasteiger partial charge in [-0.15, -0.1) is 11.3 Å². The molecule has 1 nitrogen and oxygen atoms in total. The van der Waals surface area contributed by atoms with Gasteiger partial charge in [-0.05, 0) is 11.6 Å². The summed E-state index contributed by atoms with van der Waals surface area (Å²) in [6.45, 7) is 0. The van der Waals surface area contributed by atoms with Crippen molar-refractivity contribution in [3.63, 3.8) is 0 Å². The van der Waals surface area contributed by atoms with Crippen LogP contribution in [0.2, 0.25) is 0 Å². The van der Waals surface area contributed by atoms with E-state index in [4.69, 9.17) is 4.74 Å². The molecule has 14 heavy (non-hydrogen) atoms. The molecule has 0 fully saturated rings. The Balaban J connectivity index is 2.81. The van der Waals surface area contributed by atoms with E-state index in [-0.39, 0.29) is 5.82 Å². The van der Waals surface area contributed by atoms with Crippen molar-refractivity contribution in [2.45, 2.75) is 5.33 Å². The van der Waals surface area contributed by atoms with Crippen LogP contribution < -0.4 is 4.74 Å². The van der Waals surface area contributed by atoms with E-state index in [0.717, 1.165) is 16.0 Å². The quantitative estimate of drug-likeness (QED) is 0.754. The van der Waals surface area contributed by atoms with E-state index in [1.54, 1.807) is 7.11 Å². The van der Waals surface area contributed by atoms with E-state index in [1.165, 1.54) is 16.7 Å². The Morgan fingerprint density at radius 3 is 2.93 bits per heavy atom. The number of ether oxygens (including phenoxy) is 1. The third-order valence-corrected chi connectivity index (χ3v) is 3.66. The van der Waals surface area contributed by atoms with Crippen LogP contribution in [0.25, 0.3) is 10.1 Å². The van der Waals surface area contributed by atoms with Crippen molar-refractivity contribution in [1.82, 2.24) is 0 Å². The summed E-state index contributed by atoms with van der Waals surface area (Å²) in [5.41, 5.74) is 0.958. The van der Waals surface area contributed by atoms with E-state index in [0.29, 0.717) is 10.7 Å². The first kappa shape index (κ1) is 9.93. The number of halogens is 2. The highest BCUT2D eigenvalue weighted by Crippen LogP contribution is 2.36. The van der Waals surface area contributed by atoms with Crippen LogP contribution in [0.15, 0.2) is 17.5 Å². The SMILES string of the molecule is COc1ccc(CBr)c2c(F)csc12. The second-order valence-corrected chi connectivity index (χ2v) is 4.29. The summed E-state index contributed by atoms with van der Waals surface area (Å²) in [4.78, 5) is 0. The summed E-state index contributed by atoms with van der Waals surface area (Å²) in [6, 6.07) is 3.75. The average molecular weight is 275 g/mol. The lowest BCUT2D eigenvalue weighted by Gasteiger charge is -2.04. The van der Waals surface area contributed by atoms with E-state index in [1.807, 2.05) is 12.1 Å². The van der Waals surface area contributed by atoms with Crippen molar-refractivity contribution in [2.24, 2.45) is 0 Å². The monoisotopic (exact) mass is 274 g/mol. The maximum Gasteiger partial charge on any atom is 0.142 e. The first-order valence-electron chi connectivity index (χ1n) is 4.06. The first-order valence-corrected chi connectivity index (χ1v) is 6.06. The van der Waals surface area contributed by atoms with Crippen molar-refractivity contribution >= 4 is 37.4 Å². The summed E-state index contributed by atoms with van der Waals surface area (Å²) in [5, 5.41) is 2.84. The molecule has 0 radical (unpaired) electrons. The van der Waals surface area contributed by atoms with Crippen molar-refractivity contribution in [1.29, 1.82) is 0 Å². The number of fused-ring (bicyclic) bond motifs is 1. The predicted molar refractivity (Wildman–Crippen MR) is 61.0 cm³/mol. The third kappa shape index (κ3) is 1.42. The Bertz CT molecular complexity index is 466. The van der Waals surface area contributed by atoms with Gasteiger partial charge < -0.3 is 4.74 Å². The summed E-state index contributed by atoms with van der Waals surface area (Å²) >= 11 is 4.71. The highest BCUT2D eigenvalue weighted by Gasteiger charge is 2.12. The topological polar surface area (TPSA) is 9.23 Å². The second-order valence-electron chi connectivity index (χ2n) is 2.85. The minimum absolute atomic E-state index is 0.168. The smallest absolute Gasteiger partial charge is 0.142 e. The number of benzene rings is 1. The summed E-state index contributed by atoms with van der Waals surface area (Å²) in [7, 11) is 1.60. The fourth-order valence-electron chi connectivity index (χ4n) is 1.42. The maximum absolute atomic E-state index is 13.4. The number of rotatable bonds is 2. The predicted octanol–water partition coefficient (Wildman–Crippen LogP) is 3.94. The lowest BCUT2D eigenvalue weighted by atomic mass is 10.1. The number of hydrogen-bond acceptors (Lipinski definition) is 2. The van der Waals surface area contributed by atoms with Gasteiger partial charge in [-0.25, -0.2) is 4.39 Å². The fraction of sp³-hybridized carbons (Fsp3) is 0.200. The van der Waals surface area contributed by atoms with E-state index < -0.39 is 0 Å². The Hall–Kier alpha value is -0.610. The molecule has 0 saturated carbocycles. The number of alkyl halides is 1. The van der Waals surface area contributed by atoms with Crippen molar-refractivity contribution in [2.75, 3.05) is 7.11 Å². The molecule has 0 unspecified atom stereocenters. The van der Waals surface area contributed by atoms with Gasteiger partial charge in [0.05, 0.1) is 11.8 Å². The van der Waals surface area contributed by atoms with Gasteiger partial charge in [0.15, 0.2) is 0 Å². The molecule has 2 rings (SSSR count). The zero-order valence-corrected chi connectivity index (χ0v) is 9.91. The van der Waals surface area contributed by atoms with Crippen molar-refractivity contribution in [3.8, 4) is 5.75 Å². The molecule has 0 aliphatic rings. The van der Waals surface area contributed by atoms with Crippen LogP contribution in [0.4, 0.5) is 4.39 Å². The summed E-state index contributed by atoms with van der Waals surface area (Å²) in [6.07, 6.45) is 0. The van der Waals surface area contributed by atoms with E-state index in [9.17, 15) is 4.39 Å². The molecular weight excluding hydrogens is 267 g/mol. The highest BCUT2D eigenvalue weighted by molar-refractivity contribution is 9.08. The van der Waals surface area contributed by atoms with Gasteiger partial charge in [0, 0.05) is 16.1 Å². The molecule has 0 aliphatic carbocycles. The first-order chi connectivity index (χ1) is 6.77. The molecular formula is C10H8BrFOS. The molecule has 0 N–H and O–H groups in total. The van der Waals surface area contributed by atoms with Crippen LogP contribution >= 0.6 is 27.3 Å². The Morgan fingerprint density at radius 1 is 1.50 bits per heavy atom. The van der Waals surface area contributed by atoms with Gasteiger partial charge in [0.25, 0.3) is 0 Å². The van der Waals surface area contributed by atoms with Gasteiger partial charge in [-0.1, -0.05) is 22.0 Å². The minimum atomic E-state index is -0.168. The average Bonchev–Trinajstić information content (AvgIpc) is 2.60. The summed E-state index contributed by atoms with van der Waals surface area (Å²) < 4.78 is 19.5. The zero-order valence-electron chi connectivity index (χ0n) is 7.51. The Morgan fingerprint density at radius 2 is 2.29 bits per heavy atom. The lowest BCUT2D eigenvalue weighted by molar-refractivity contribution is 0.420. The molecule has 74 valence electrons. The van der Waals surface area contributed by atoms with E-state index in [2.05, 4.69) is 15.9 Å². The highest BCUT2D eigenvalue weighted by atomic mass is 79.9. The molecule has 2 aromatic rings. The largest absolute Gasteiger partial charge is 0.495 e. The number of thiophene rings is 1. The van der Waals surface area contributed by atoms with Crippen LogP contribution in [-0.4, -0.2) is 7.11 Å².